The third-order valence-electron chi connectivity index (χ3n) is 8.06. The molecular formula is C29H36ClN3O5. The zero-order valence-corrected chi connectivity index (χ0v) is 22.9. The summed E-state index contributed by atoms with van der Waals surface area (Å²) in [6, 6.07) is 14.3. The molecule has 2 fully saturated rings. The number of anilines is 1. The summed E-state index contributed by atoms with van der Waals surface area (Å²) in [5, 5.41) is 21.2. The summed E-state index contributed by atoms with van der Waals surface area (Å²) in [6.07, 6.45) is 2.31. The van der Waals surface area contributed by atoms with E-state index in [0.29, 0.717) is 29.6 Å². The Bertz CT molecular complexity index is 1170. The fourth-order valence-corrected chi connectivity index (χ4v) is 5.75. The fourth-order valence-electron chi connectivity index (χ4n) is 5.63. The largest absolute Gasteiger partial charge is 0.479 e. The average Bonchev–Trinajstić information content (AvgIpc) is 3.13. The number of aliphatic hydroxyl groups excluding tert-OH is 1. The summed E-state index contributed by atoms with van der Waals surface area (Å²) in [5.41, 5.74) is 2.02. The standard InChI is InChI=1S/C29H36ClN3O5/c1-28(2,3)21-12-14-29(15-13-21)18-32(23-10-8-22(30)9-11-23)27(38)33(29)17-19-4-6-20(7-5-19)25(35)31-16-24(34)26(36)37/h4-11,21,24,34H,12-18H2,1-3H3,(H,31,35)(H,36,37). The maximum Gasteiger partial charge on any atom is 0.334 e. The molecule has 3 amide bonds. The van der Waals surface area contributed by atoms with Gasteiger partial charge in [0.05, 0.1) is 18.6 Å². The SMILES string of the molecule is CC(C)(C)C1CCC2(CC1)CN(c1ccc(Cl)cc1)C(=O)N2Cc1ccc(C(=O)NCC(O)C(=O)O)cc1. The number of hydrogen-bond donors (Lipinski definition) is 3. The van der Waals surface area contributed by atoms with E-state index in [9.17, 15) is 19.5 Å². The number of nitrogens with zero attached hydrogens (tertiary/aromatic N) is 2. The highest BCUT2D eigenvalue weighted by Gasteiger charge is 2.52. The van der Waals surface area contributed by atoms with Crippen molar-refractivity contribution in [3.8, 4) is 0 Å². The molecule has 8 nitrogen and oxygen atoms in total. The number of carbonyl (C=O) groups is 3. The van der Waals surface area contributed by atoms with Gasteiger partial charge in [0.25, 0.3) is 5.91 Å². The van der Waals surface area contributed by atoms with Gasteiger partial charge in [0.1, 0.15) is 0 Å². The molecule has 2 aliphatic rings. The number of hydrogen-bond acceptors (Lipinski definition) is 4. The summed E-state index contributed by atoms with van der Waals surface area (Å²) in [4.78, 5) is 40.8. The third-order valence-corrected chi connectivity index (χ3v) is 8.32. The van der Waals surface area contributed by atoms with E-state index in [-0.39, 0.29) is 23.5 Å². The number of carbonyl (C=O) groups excluding carboxylic acids is 2. The van der Waals surface area contributed by atoms with Crippen LogP contribution in [-0.2, 0) is 11.3 Å². The number of urea groups is 1. The molecule has 0 aromatic heterocycles. The molecule has 0 radical (unpaired) electrons. The first-order valence-electron chi connectivity index (χ1n) is 13.0. The lowest BCUT2D eigenvalue weighted by Crippen LogP contribution is -2.50. The zero-order valence-electron chi connectivity index (χ0n) is 22.1. The molecule has 1 aliphatic carbocycles. The van der Waals surface area contributed by atoms with Crippen LogP contribution in [0.2, 0.25) is 5.02 Å². The van der Waals surface area contributed by atoms with Gasteiger partial charge in [0, 0.05) is 22.8 Å². The van der Waals surface area contributed by atoms with Crippen LogP contribution in [0, 0.1) is 11.3 Å². The maximum absolute atomic E-state index is 13.8. The highest BCUT2D eigenvalue weighted by atomic mass is 35.5. The van der Waals surface area contributed by atoms with Gasteiger partial charge in [-0.1, -0.05) is 44.5 Å². The van der Waals surface area contributed by atoms with Crippen molar-refractivity contribution in [1.82, 2.24) is 10.2 Å². The molecule has 1 atom stereocenters. The summed E-state index contributed by atoms with van der Waals surface area (Å²) >= 11 is 6.09. The molecular weight excluding hydrogens is 506 g/mol. The molecule has 1 saturated heterocycles. The number of aliphatic carboxylic acids is 1. The van der Waals surface area contributed by atoms with E-state index in [0.717, 1.165) is 36.9 Å². The number of benzene rings is 2. The Morgan fingerprint density at radius 1 is 1.08 bits per heavy atom. The second kappa shape index (κ2) is 10.9. The third kappa shape index (κ3) is 5.97. The summed E-state index contributed by atoms with van der Waals surface area (Å²) in [7, 11) is 0. The molecule has 1 unspecified atom stereocenters. The molecule has 38 heavy (non-hydrogen) atoms. The predicted molar refractivity (Wildman–Crippen MR) is 146 cm³/mol. The Kier molecular flexibility index (Phi) is 8.04. The molecule has 4 rings (SSSR count). The van der Waals surface area contributed by atoms with Gasteiger partial charge >= 0.3 is 12.0 Å². The Hall–Kier alpha value is -3.10. The monoisotopic (exact) mass is 541 g/mol. The van der Waals surface area contributed by atoms with Crippen LogP contribution >= 0.6 is 11.6 Å². The van der Waals surface area contributed by atoms with Crippen molar-refractivity contribution < 1.29 is 24.6 Å². The smallest absolute Gasteiger partial charge is 0.334 e. The number of carboxylic acids is 1. The summed E-state index contributed by atoms with van der Waals surface area (Å²) < 4.78 is 0. The van der Waals surface area contributed by atoms with Crippen molar-refractivity contribution in [1.29, 1.82) is 0 Å². The number of nitrogens with one attached hydrogen (secondary N) is 1. The lowest BCUT2D eigenvalue weighted by molar-refractivity contribution is -0.146. The van der Waals surface area contributed by atoms with Crippen LogP contribution in [0.1, 0.15) is 62.4 Å². The van der Waals surface area contributed by atoms with Gasteiger partial charge in [0.2, 0.25) is 0 Å². The highest BCUT2D eigenvalue weighted by molar-refractivity contribution is 6.30. The van der Waals surface area contributed by atoms with Gasteiger partial charge in [-0.05, 0) is 79.0 Å². The second-order valence-electron chi connectivity index (χ2n) is 11.6. The fraction of sp³-hybridized carbons (Fsp3) is 0.483. The topological polar surface area (TPSA) is 110 Å². The molecule has 2 aromatic carbocycles. The van der Waals surface area contributed by atoms with E-state index in [4.69, 9.17) is 16.7 Å². The van der Waals surface area contributed by atoms with E-state index in [1.54, 1.807) is 24.3 Å². The first-order chi connectivity index (χ1) is 17.9. The average molecular weight is 542 g/mol. The van der Waals surface area contributed by atoms with Crippen molar-refractivity contribution in [2.45, 2.75) is 64.6 Å². The molecule has 1 aliphatic heterocycles. The van der Waals surface area contributed by atoms with E-state index in [1.807, 2.05) is 34.1 Å². The molecule has 3 N–H and O–H groups in total. The van der Waals surface area contributed by atoms with Gasteiger partial charge in [0.15, 0.2) is 6.10 Å². The minimum atomic E-state index is -1.66. The van der Waals surface area contributed by atoms with E-state index in [2.05, 4.69) is 26.1 Å². The Balaban J connectivity index is 1.53. The molecule has 204 valence electrons. The number of amides is 3. The van der Waals surface area contributed by atoms with Crippen LogP contribution in [0.15, 0.2) is 48.5 Å². The Labute approximate surface area is 228 Å². The van der Waals surface area contributed by atoms with Gasteiger partial charge in [-0.25, -0.2) is 9.59 Å². The molecule has 2 aromatic rings. The Morgan fingerprint density at radius 3 is 2.24 bits per heavy atom. The lowest BCUT2D eigenvalue weighted by Gasteiger charge is -2.45. The quantitative estimate of drug-likeness (QED) is 0.460. The van der Waals surface area contributed by atoms with E-state index in [1.165, 1.54) is 0 Å². The van der Waals surface area contributed by atoms with Crippen LogP contribution in [0.5, 0.6) is 0 Å². The minimum absolute atomic E-state index is 0.0361. The number of halogens is 1. The van der Waals surface area contributed by atoms with Crippen LogP contribution < -0.4 is 10.2 Å². The van der Waals surface area contributed by atoms with Crippen LogP contribution in [-0.4, -0.2) is 57.8 Å². The highest BCUT2D eigenvalue weighted by Crippen LogP contribution is 2.47. The normalized spacial score (nSPS) is 22.6. The van der Waals surface area contributed by atoms with Gasteiger partial charge < -0.3 is 20.4 Å². The van der Waals surface area contributed by atoms with Gasteiger partial charge in [-0.2, -0.15) is 0 Å². The number of aliphatic hydroxyl groups is 1. The van der Waals surface area contributed by atoms with Crippen molar-refractivity contribution in [2.75, 3.05) is 18.0 Å². The van der Waals surface area contributed by atoms with Crippen LogP contribution in [0.4, 0.5) is 10.5 Å². The molecule has 0 bridgehead atoms. The Morgan fingerprint density at radius 2 is 1.68 bits per heavy atom. The number of rotatable bonds is 7. The lowest BCUT2D eigenvalue weighted by atomic mass is 9.67. The van der Waals surface area contributed by atoms with E-state index < -0.39 is 18.0 Å². The van der Waals surface area contributed by atoms with E-state index >= 15 is 0 Å². The molecule has 1 spiro atoms. The number of carboxylic acid groups (broad SMARTS) is 1. The van der Waals surface area contributed by atoms with Crippen LogP contribution in [0.25, 0.3) is 0 Å². The molecule has 1 saturated carbocycles. The van der Waals surface area contributed by atoms with Gasteiger partial charge in [-0.15, -0.1) is 0 Å². The first kappa shape index (κ1) is 27.9. The summed E-state index contributed by atoms with van der Waals surface area (Å²) in [6.45, 7) is 7.52. The minimum Gasteiger partial charge on any atom is -0.479 e. The molecule has 1 heterocycles. The predicted octanol–water partition coefficient (Wildman–Crippen LogP) is 4.93. The maximum atomic E-state index is 13.8. The van der Waals surface area contributed by atoms with Gasteiger partial charge in [-0.3, -0.25) is 9.69 Å². The summed E-state index contributed by atoms with van der Waals surface area (Å²) in [5.74, 6) is -1.26. The van der Waals surface area contributed by atoms with Crippen LogP contribution in [0.3, 0.4) is 0 Å². The van der Waals surface area contributed by atoms with Crippen molar-refractivity contribution in [3.05, 3.63) is 64.7 Å². The first-order valence-corrected chi connectivity index (χ1v) is 13.4. The van der Waals surface area contributed by atoms with Crippen molar-refractivity contribution in [3.63, 3.8) is 0 Å². The van der Waals surface area contributed by atoms with Crippen molar-refractivity contribution >= 4 is 35.2 Å². The second-order valence-corrected chi connectivity index (χ2v) is 12.0. The molecule has 9 heteroatoms. The van der Waals surface area contributed by atoms with Crippen molar-refractivity contribution in [2.24, 2.45) is 11.3 Å². The zero-order chi connectivity index (χ0) is 27.7.